The average Bonchev–Trinajstić information content (AvgIpc) is 3.06. The zero-order valence-corrected chi connectivity index (χ0v) is 28.0. The summed E-state index contributed by atoms with van der Waals surface area (Å²) in [5.41, 5.74) is 0. The average molecular weight is 685 g/mol. The molecule has 0 atom stereocenters. The molecule has 0 fully saturated rings. The topological polar surface area (TPSA) is 125 Å². The normalized spacial score (nSPS) is 9.49. The Labute approximate surface area is 268 Å². The molecule has 0 spiro atoms. The van der Waals surface area contributed by atoms with Crippen molar-refractivity contribution >= 4 is 73.7 Å². The Hall–Kier alpha value is -3.15. The summed E-state index contributed by atoms with van der Waals surface area (Å²) < 4.78 is 27.2. The molecule has 0 radical (unpaired) electrons. The van der Waals surface area contributed by atoms with Crippen LogP contribution in [0, 0.1) is 0 Å². The Kier molecular flexibility index (Phi) is 27.3. The van der Waals surface area contributed by atoms with Gasteiger partial charge in [-0.1, -0.05) is 97.1 Å². The van der Waals surface area contributed by atoms with Crippen molar-refractivity contribution in [1.82, 2.24) is 0 Å². The quantitative estimate of drug-likeness (QED) is 0.165. The summed E-state index contributed by atoms with van der Waals surface area (Å²) in [6, 6.07) is 44.5. The van der Waals surface area contributed by atoms with E-state index >= 15 is 0 Å². The number of rotatable bonds is 7. The van der Waals surface area contributed by atoms with Crippen molar-refractivity contribution in [2.45, 2.75) is 0 Å². The summed E-state index contributed by atoms with van der Waals surface area (Å²) in [4.78, 5) is 32.0. The van der Waals surface area contributed by atoms with Crippen molar-refractivity contribution < 1.29 is 49.2 Å². The maximum Gasteiger partial charge on any atom is 0.106 e. The second-order valence-corrected chi connectivity index (χ2v) is 15.7. The predicted molar refractivity (Wildman–Crippen MR) is 178 cm³/mol. The third-order valence-corrected chi connectivity index (χ3v) is 12.4. The Balaban J connectivity index is -0.000000995. The van der Waals surface area contributed by atoms with E-state index in [4.69, 9.17) is 32.1 Å². The summed E-state index contributed by atoms with van der Waals surface area (Å²) in [5.74, 6) is 0. The monoisotopic (exact) mass is 684 g/mol. The van der Waals surface area contributed by atoms with Crippen LogP contribution in [0.15, 0.2) is 121 Å². The molecule has 0 saturated carbocycles. The molecular formula is C32H38FeO7P2S. The minimum atomic E-state index is -3.92. The van der Waals surface area contributed by atoms with E-state index in [9.17, 15) is 0 Å². The molecule has 0 bridgehead atoms. The molecule has 0 N–H and O–H groups in total. The molecule has 0 unspecified atom stereocenters. The summed E-state index contributed by atoms with van der Waals surface area (Å²) in [7, 11) is -5.74. The van der Waals surface area contributed by atoms with Crippen molar-refractivity contribution in [3.8, 4) is 0 Å². The molecule has 0 aromatic heterocycles. The Morgan fingerprint density at radius 2 is 0.814 bits per heavy atom. The molecule has 232 valence electrons. The first-order chi connectivity index (χ1) is 20.3. The van der Waals surface area contributed by atoms with Gasteiger partial charge in [-0.15, -0.1) is 0 Å². The van der Waals surface area contributed by atoms with E-state index in [0.717, 1.165) is 0 Å². The third-order valence-electron chi connectivity index (χ3n) is 5.56. The minimum Gasteiger partial charge on any atom is -0.748 e. The van der Waals surface area contributed by atoms with E-state index in [1.54, 1.807) is 0 Å². The molecule has 0 heterocycles. The van der Waals surface area contributed by atoms with Gasteiger partial charge in [0.05, 0.1) is 40.8 Å². The standard InChI is InChI=1S/C27H27P2.CH4O3S.4CH2O.Fe/c1-29(26-18-10-4-11-19-26,27-20-12-5-13-21-27)23-22-28(24-14-6-2-7-15-24)25-16-8-3-9-17-25;1-5(2,3)4;4*1-2;/h2-21H,22-23H2,1H3;1H3,(H,2,3,4);4*1H2;/q+1;;;;;;/p-1. The Morgan fingerprint density at radius 3 is 1.07 bits per heavy atom. The van der Waals surface area contributed by atoms with Gasteiger partial charge in [0.25, 0.3) is 0 Å². The molecule has 0 saturated heterocycles. The van der Waals surface area contributed by atoms with Gasteiger partial charge in [0.1, 0.15) is 27.2 Å². The number of carbonyl (C=O) groups is 4. The molecule has 7 nitrogen and oxygen atoms in total. The second kappa shape index (κ2) is 26.5. The predicted octanol–water partition coefficient (Wildman–Crippen LogP) is 3.84. The molecule has 4 rings (SSSR count). The van der Waals surface area contributed by atoms with E-state index in [1.165, 1.54) is 33.5 Å². The molecule has 0 aliphatic rings. The molecule has 4 aromatic carbocycles. The van der Waals surface area contributed by atoms with Crippen molar-refractivity contribution in [2.75, 3.05) is 25.2 Å². The van der Waals surface area contributed by atoms with Crippen LogP contribution in [-0.2, 0) is 46.4 Å². The van der Waals surface area contributed by atoms with E-state index < -0.39 is 17.4 Å². The molecule has 43 heavy (non-hydrogen) atoms. The Morgan fingerprint density at radius 1 is 0.581 bits per heavy atom. The maximum absolute atomic E-state index is 9.08. The van der Waals surface area contributed by atoms with Crippen LogP contribution in [0.3, 0.4) is 0 Å². The number of benzene rings is 4. The number of carbonyl (C=O) groups excluding carboxylic acids is 4. The summed E-state index contributed by atoms with van der Waals surface area (Å²) >= 11 is 0. The van der Waals surface area contributed by atoms with Crippen LogP contribution >= 0.6 is 15.2 Å². The van der Waals surface area contributed by atoms with Gasteiger partial charge >= 0.3 is 0 Å². The third kappa shape index (κ3) is 17.5. The van der Waals surface area contributed by atoms with Gasteiger partial charge in [-0.3, -0.25) is 0 Å². The van der Waals surface area contributed by atoms with E-state index in [2.05, 4.69) is 128 Å². The van der Waals surface area contributed by atoms with Crippen LogP contribution in [0.25, 0.3) is 0 Å². The van der Waals surface area contributed by atoms with Gasteiger partial charge in [0, 0.05) is 29.5 Å². The van der Waals surface area contributed by atoms with Crippen LogP contribution < -0.4 is 21.2 Å². The van der Waals surface area contributed by atoms with Gasteiger partial charge in [-0.25, -0.2) is 8.42 Å². The fourth-order valence-electron chi connectivity index (χ4n) is 3.84. The van der Waals surface area contributed by atoms with Crippen molar-refractivity contribution in [2.24, 2.45) is 0 Å². The van der Waals surface area contributed by atoms with E-state index in [0.29, 0.717) is 6.26 Å². The summed E-state index contributed by atoms with van der Waals surface area (Å²) in [6.07, 6.45) is 3.03. The summed E-state index contributed by atoms with van der Waals surface area (Å²) in [6.45, 7) is 10.5. The van der Waals surface area contributed by atoms with E-state index in [1.807, 2.05) is 27.2 Å². The number of hydrogen-bond acceptors (Lipinski definition) is 7. The molecule has 0 aliphatic carbocycles. The zero-order chi connectivity index (χ0) is 32.4. The van der Waals surface area contributed by atoms with Crippen LogP contribution in [0.2, 0.25) is 0 Å². The molecule has 11 heteroatoms. The minimum absolute atomic E-state index is 0. The van der Waals surface area contributed by atoms with Gasteiger partial charge < -0.3 is 23.7 Å². The second-order valence-electron chi connectivity index (χ2n) is 8.11. The van der Waals surface area contributed by atoms with Gasteiger partial charge in [-0.2, -0.15) is 0 Å². The molecule has 0 aliphatic heterocycles. The first-order valence-electron chi connectivity index (χ1n) is 12.2. The maximum atomic E-state index is 9.08. The zero-order valence-electron chi connectivity index (χ0n) is 24.3. The van der Waals surface area contributed by atoms with E-state index in [-0.39, 0.29) is 25.0 Å². The van der Waals surface area contributed by atoms with Crippen LogP contribution in [-0.4, -0.2) is 65.4 Å². The fourth-order valence-corrected chi connectivity index (χ4v) is 10.6. The van der Waals surface area contributed by atoms with Crippen molar-refractivity contribution in [3.63, 3.8) is 0 Å². The number of hydrogen-bond donors (Lipinski definition) is 0. The molecule has 0 amide bonds. The van der Waals surface area contributed by atoms with Crippen molar-refractivity contribution in [3.05, 3.63) is 121 Å². The van der Waals surface area contributed by atoms with Gasteiger partial charge in [0.2, 0.25) is 0 Å². The fraction of sp³-hybridized carbons (Fsp3) is 0.125. The van der Waals surface area contributed by atoms with Crippen LogP contribution in [0.4, 0.5) is 0 Å². The molecule has 4 aromatic rings. The van der Waals surface area contributed by atoms with Crippen LogP contribution in [0.1, 0.15) is 0 Å². The largest absolute Gasteiger partial charge is 0.748 e. The smallest absolute Gasteiger partial charge is 0.106 e. The van der Waals surface area contributed by atoms with Gasteiger partial charge in [-0.05, 0) is 42.8 Å². The van der Waals surface area contributed by atoms with Crippen molar-refractivity contribution in [1.29, 1.82) is 0 Å². The first kappa shape index (κ1) is 44.3. The van der Waals surface area contributed by atoms with Crippen LogP contribution in [0.5, 0.6) is 0 Å². The molecular weight excluding hydrogens is 646 g/mol. The first-order valence-corrected chi connectivity index (χ1v) is 17.9. The SMILES string of the molecule is C=O.C=O.C=O.C=O.CS(=O)(=O)[O-].C[P+](CCP(c1ccccc1)c1ccccc1)(c1ccccc1)c1ccccc1.[Fe]. The Bertz CT molecular complexity index is 1220. The summed E-state index contributed by atoms with van der Waals surface area (Å²) in [5, 5.41) is 5.95. The van der Waals surface area contributed by atoms with Gasteiger partial charge in [0.15, 0.2) is 0 Å².